The molecule has 0 bridgehead atoms. The van der Waals surface area contributed by atoms with Crippen molar-refractivity contribution in [1.29, 1.82) is 0 Å². The summed E-state index contributed by atoms with van der Waals surface area (Å²) in [7, 11) is 0. The summed E-state index contributed by atoms with van der Waals surface area (Å²) in [6.07, 6.45) is 2.66. The van der Waals surface area contributed by atoms with E-state index in [2.05, 4.69) is 15.9 Å². The van der Waals surface area contributed by atoms with Crippen molar-refractivity contribution in [2.75, 3.05) is 58.2 Å². The van der Waals surface area contributed by atoms with Gasteiger partial charge in [-0.2, -0.15) is 0 Å². The summed E-state index contributed by atoms with van der Waals surface area (Å²) in [5.41, 5.74) is 17.5. The van der Waals surface area contributed by atoms with Crippen LogP contribution in [0.2, 0.25) is 5.02 Å². The second-order valence-electron chi connectivity index (χ2n) is 11.6. The highest BCUT2D eigenvalue weighted by Gasteiger charge is 2.33. The van der Waals surface area contributed by atoms with E-state index >= 15 is 0 Å². The summed E-state index contributed by atoms with van der Waals surface area (Å²) >= 11 is 6.36. The fraction of sp³-hybridized carbons (Fsp3) is 0.441. The normalized spacial score (nSPS) is 17.2. The fourth-order valence-corrected chi connectivity index (χ4v) is 6.53. The number of para-hydroxylation sites is 1. The van der Waals surface area contributed by atoms with E-state index in [9.17, 15) is 9.18 Å². The Morgan fingerprint density at radius 3 is 2.41 bits per heavy atom. The summed E-state index contributed by atoms with van der Waals surface area (Å²) < 4.78 is 20.2. The fourth-order valence-electron chi connectivity index (χ4n) is 6.33. The van der Waals surface area contributed by atoms with Crippen LogP contribution < -0.4 is 16.2 Å². The number of carbonyl (C=O) groups excluding carboxylic acids is 1. The van der Waals surface area contributed by atoms with Crippen molar-refractivity contribution >= 4 is 40.2 Å². The van der Waals surface area contributed by atoms with E-state index in [0.29, 0.717) is 50.6 Å². The molecule has 0 saturated carbocycles. The van der Waals surface area contributed by atoms with Gasteiger partial charge < -0.3 is 26.0 Å². The minimum Gasteiger partial charge on any atom is -0.493 e. The van der Waals surface area contributed by atoms with Crippen molar-refractivity contribution in [3.63, 3.8) is 0 Å². The SMILES string of the molecule is Br.CCOc1cccc(F)c1CN1CCN(C(=O)C(N)C2CCN(CCc3cc(Cl)ccc3-c3ccccc3N)CC2)CC1. The highest BCUT2D eigenvalue weighted by atomic mass is 79.9. The number of benzene rings is 3. The molecule has 5 rings (SSSR count). The lowest BCUT2D eigenvalue weighted by Crippen LogP contribution is -2.55. The second kappa shape index (κ2) is 16.0. The second-order valence-corrected chi connectivity index (χ2v) is 12.0. The number of rotatable bonds is 10. The number of hydrogen-bond acceptors (Lipinski definition) is 6. The lowest BCUT2D eigenvalue weighted by molar-refractivity contribution is -0.136. The predicted octanol–water partition coefficient (Wildman–Crippen LogP) is 5.63. The molecule has 3 aromatic rings. The number of nitrogens with two attached hydrogens (primary N) is 2. The van der Waals surface area contributed by atoms with Crippen molar-refractivity contribution < 1.29 is 13.9 Å². The van der Waals surface area contributed by atoms with Crippen molar-refractivity contribution in [1.82, 2.24) is 14.7 Å². The van der Waals surface area contributed by atoms with Crippen molar-refractivity contribution in [2.45, 2.75) is 38.8 Å². The van der Waals surface area contributed by atoms with Gasteiger partial charge in [0, 0.05) is 61.1 Å². The first-order chi connectivity index (χ1) is 20.8. The van der Waals surface area contributed by atoms with Crippen molar-refractivity contribution in [3.8, 4) is 16.9 Å². The molecule has 2 fully saturated rings. The number of amides is 1. The van der Waals surface area contributed by atoms with E-state index in [1.807, 2.05) is 54.3 Å². The van der Waals surface area contributed by atoms with Gasteiger partial charge in [0.05, 0.1) is 12.6 Å². The number of ether oxygens (including phenoxy) is 1. The van der Waals surface area contributed by atoms with Crippen molar-refractivity contribution in [3.05, 3.63) is 82.6 Å². The van der Waals surface area contributed by atoms with Gasteiger partial charge >= 0.3 is 0 Å². The molecular formula is C34H44BrClFN5O2. The highest BCUT2D eigenvalue weighted by molar-refractivity contribution is 8.93. The molecule has 0 aromatic heterocycles. The van der Waals surface area contributed by atoms with Gasteiger partial charge in [0.25, 0.3) is 0 Å². The molecule has 0 radical (unpaired) electrons. The number of likely N-dealkylation sites (tertiary alicyclic amines) is 1. The highest BCUT2D eigenvalue weighted by Crippen LogP contribution is 2.32. The summed E-state index contributed by atoms with van der Waals surface area (Å²) in [6.45, 7) is 8.12. The molecular weight excluding hydrogens is 645 g/mol. The van der Waals surface area contributed by atoms with E-state index in [4.69, 9.17) is 27.8 Å². The number of hydrogen-bond donors (Lipinski definition) is 2. The first-order valence-corrected chi connectivity index (χ1v) is 15.7. The largest absolute Gasteiger partial charge is 0.493 e. The quantitative estimate of drug-likeness (QED) is 0.269. The number of nitrogen functional groups attached to an aromatic ring is 1. The predicted molar refractivity (Wildman–Crippen MR) is 182 cm³/mol. The van der Waals surface area contributed by atoms with E-state index < -0.39 is 6.04 Å². The van der Waals surface area contributed by atoms with Gasteiger partial charge in [0.1, 0.15) is 11.6 Å². The van der Waals surface area contributed by atoms with E-state index in [0.717, 1.165) is 60.7 Å². The molecule has 3 aromatic carbocycles. The molecule has 7 nitrogen and oxygen atoms in total. The van der Waals surface area contributed by atoms with Crippen LogP contribution in [0.4, 0.5) is 10.1 Å². The maximum atomic E-state index is 14.5. The van der Waals surface area contributed by atoms with Crippen LogP contribution in [-0.2, 0) is 17.8 Å². The van der Waals surface area contributed by atoms with E-state index in [1.165, 1.54) is 11.6 Å². The molecule has 2 aliphatic rings. The van der Waals surface area contributed by atoms with Crippen LogP contribution in [0, 0.1) is 11.7 Å². The molecule has 0 spiro atoms. The molecule has 1 atom stereocenters. The average Bonchev–Trinajstić information content (AvgIpc) is 3.02. The van der Waals surface area contributed by atoms with Crippen LogP contribution in [0.25, 0.3) is 11.1 Å². The molecule has 44 heavy (non-hydrogen) atoms. The third-order valence-electron chi connectivity index (χ3n) is 8.88. The zero-order chi connectivity index (χ0) is 30.3. The maximum absolute atomic E-state index is 14.5. The van der Waals surface area contributed by atoms with Crippen LogP contribution in [0.1, 0.15) is 30.9 Å². The molecule has 2 saturated heterocycles. The maximum Gasteiger partial charge on any atom is 0.239 e. The first kappa shape index (κ1) is 34.2. The average molecular weight is 689 g/mol. The summed E-state index contributed by atoms with van der Waals surface area (Å²) in [5.74, 6) is 0.526. The number of piperazine rings is 1. The van der Waals surface area contributed by atoms with E-state index in [-0.39, 0.29) is 34.6 Å². The lowest BCUT2D eigenvalue weighted by atomic mass is 9.88. The third kappa shape index (κ3) is 8.31. The first-order valence-electron chi connectivity index (χ1n) is 15.4. The summed E-state index contributed by atoms with van der Waals surface area (Å²) in [6, 6.07) is 18.4. The lowest BCUT2D eigenvalue weighted by Gasteiger charge is -2.39. The van der Waals surface area contributed by atoms with Crippen LogP contribution in [0.3, 0.4) is 0 Å². The monoisotopic (exact) mass is 687 g/mol. The number of carbonyl (C=O) groups is 1. The van der Waals surface area contributed by atoms with Crippen LogP contribution in [-0.4, -0.2) is 79.1 Å². The minimum atomic E-state index is -0.495. The molecule has 238 valence electrons. The molecule has 2 heterocycles. The van der Waals surface area contributed by atoms with Gasteiger partial charge in [-0.15, -0.1) is 17.0 Å². The Kier molecular flexibility index (Phi) is 12.5. The Morgan fingerprint density at radius 2 is 1.70 bits per heavy atom. The zero-order valence-electron chi connectivity index (χ0n) is 25.4. The number of piperidine rings is 1. The molecule has 0 aliphatic carbocycles. The Balaban J connectivity index is 0.00000442. The Hall–Kier alpha value is -2.69. The van der Waals surface area contributed by atoms with Gasteiger partial charge in [0.15, 0.2) is 0 Å². The molecule has 2 aliphatic heterocycles. The van der Waals surface area contributed by atoms with Gasteiger partial charge in [-0.05, 0) is 86.7 Å². The summed E-state index contributed by atoms with van der Waals surface area (Å²) in [4.78, 5) is 19.9. The number of nitrogens with zero attached hydrogens (tertiary/aromatic N) is 3. The molecule has 1 unspecified atom stereocenters. The topological polar surface area (TPSA) is 88.1 Å². The van der Waals surface area contributed by atoms with Crippen LogP contribution in [0.5, 0.6) is 5.75 Å². The molecule has 1 amide bonds. The van der Waals surface area contributed by atoms with E-state index in [1.54, 1.807) is 6.07 Å². The summed E-state index contributed by atoms with van der Waals surface area (Å²) in [5, 5.41) is 0.722. The Morgan fingerprint density at radius 1 is 0.977 bits per heavy atom. The van der Waals surface area contributed by atoms with Gasteiger partial charge in [-0.1, -0.05) is 41.9 Å². The smallest absolute Gasteiger partial charge is 0.239 e. The Bertz CT molecular complexity index is 1400. The zero-order valence-corrected chi connectivity index (χ0v) is 27.9. The standard InChI is InChI=1S/C34H43ClFN5O2.BrH/c1-2-43-32-9-5-7-30(36)29(32)23-40-18-20-41(21-19-40)34(42)33(38)24-12-15-39(16-13-24)17-14-25-22-26(35)10-11-27(25)28-6-3-4-8-31(28)37;/h3-11,22,24,33H,2,12-21,23,37-38H2,1H3;1H. The number of halogens is 3. The minimum absolute atomic E-state index is 0. The van der Waals surface area contributed by atoms with Crippen molar-refractivity contribution in [2.24, 2.45) is 11.7 Å². The van der Waals surface area contributed by atoms with Gasteiger partial charge in [-0.25, -0.2) is 4.39 Å². The van der Waals surface area contributed by atoms with Gasteiger partial charge in [0.2, 0.25) is 5.91 Å². The van der Waals surface area contributed by atoms with Crippen LogP contribution >= 0.6 is 28.6 Å². The number of anilines is 1. The molecule has 4 N–H and O–H groups in total. The molecule has 10 heteroatoms. The third-order valence-corrected chi connectivity index (χ3v) is 9.12. The Labute approximate surface area is 276 Å². The van der Waals surface area contributed by atoms with Crippen LogP contribution in [0.15, 0.2) is 60.7 Å². The van der Waals surface area contributed by atoms with Gasteiger partial charge in [-0.3, -0.25) is 9.69 Å².